The Bertz CT molecular complexity index is 1210. The number of fused-ring (bicyclic) bond motifs is 4. The Balaban J connectivity index is 1.29. The van der Waals surface area contributed by atoms with Gasteiger partial charge in [-0.15, -0.1) is 0 Å². The summed E-state index contributed by atoms with van der Waals surface area (Å²) in [6.07, 6.45) is 3.97. The number of hydrogen-bond acceptors (Lipinski definition) is 2. The lowest BCUT2D eigenvalue weighted by molar-refractivity contribution is -0.136. The topological polar surface area (TPSA) is 40.6 Å². The molecule has 2 amide bonds. The fourth-order valence-corrected chi connectivity index (χ4v) is 6.24. The quantitative estimate of drug-likeness (QED) is 0.563. The second-order valence-electron chi connectivity index (χ2n) is 9.92. The van der Waals surface area contributed by atoms with Gasteiger partial charge < -0.3 is 9.80 Å². The molecular weight excluding hydrogens is 420 g/mol. The molecular formula is C30H30N2O2. The Hall–Kier alpha value is -3.40. The average molecular weight is 451 g/mol. The van der Waals surface area contributed by atoms with Crippen molar-refractivity contribution in [2.24, 2.45) is 5.92 Å². The van der Waals surface area contributed by atoms with E-state index in [1.165, 1.54) is 11.1 Å². The van der Waals surface area contributed by atoms with Crippen LogP contribution in [0.15, 0.2) is 78.9 Å². The van der Waals surface area contributed by atoms with Crippen LogP contribution in [-0.2, 0) is 17.6 Å². The van der Waals surface area contributed by atoms with E-state index in [0.717, 1.165) is 49.9 Å². The average Bonchev–Trinajstić information content (AvgIpc) is 2.89. The molecule has 0 unspecified atom stereocenters. The number of rotatable bonds is 3. The molecule has 172 valence electrons. The van der Waals surface area contributed by atoms with Gasteiger partial charge in [0.2, 0.25) is 5.91 Å². The van der Waals surface area contributed by atoms with E-state index in [1.54, 1.807) is 0 Å². The number of hydrogen-bond donors (Lipinski definition) is 0. The highest BCUT2D eigenvalue weighted by Gasteiger charge is 2.47. The smallest absolute Gasteiger partial charge is 0.254 e. The lowest BCUT2D eigenvalue weighted by Gasteiger charge is -2.46. The van der Waals surface area contributed by atoms with Gasteiger partial charge in [-0.3, -0.25) is 9.59 Å². The van der Waals surface area contributed by atoms with E-state index in [9.17, 15) is 9.59 Å². The van der Waals surface area contributed by atoms with Crippen LogP contribution in [0.25, 0.3) is 0 Å². The summed E-state index contributed by atoms with van der Waals surface area (Å²) >= 11 is 0. The summed E-state index contributed by atoms with van der Waals surface area (Å²) in [5.41, 5.74) is 5.35. The molecule has 0 saturated carbocycles. The molecule has 2 atom stereocenters. The van der Waals surface area contributed by atoms with Gasteiger partial charge in [0.15, 0.2) is 0 Å². The lowest BCUT2D eigenvalue weighted by atomic mass is 9.75. The molecule has 34 heavy (non-hydrogen) atoms. The molecule has 0 N–H and O–H groups in total. The van der Waals surface area contributed by atoms with Crippen LogP contribution in [0, 0.1) is 5.92 Å². The molecule has 3 aliphatic rings. The van der Waals surface area contributed by atoms with Crippen molar-refractivity contribution in [1.29, 1.82) is 0 Å². The molecule has 3 aliphatic heterocycles. The van der Waals surface area contributed by atoms with Crippen molar-refractivity contribution in [2.75, 3.05) is 19.6 Å². The maximum atomic E-state index is 14.1. The molecule has 0 bridgehead atoms. The standard InChI is InChI=1S/C30H30N2O2/c33-29-26-13-7-6-12-25(26)27(28-24-11-5-4-10-23(24)16-19-32(28)29)30(34)31-17-14-22(15-18-31)20-21-8-2-1-3-9-21/h1-13,22,27-28H,14-20H2/t27-,28-/m1/s1. The van der Waals surface area contributed by atoms with Crippen LogP contribution in [-0.4, -0.2) is 41.2 Å². The van der Waals surface area contributed by atoms with Gasteiger partial charge >= 0.3 is 0 Å². The zero-order valence-corrected chi connectivity index (χ0v) is 19.4. The van der Waals surface area contributed by atoms with E-state index >= 15 is 0 Å². The van der Waals surface area contributed by atoms with Gasteiger partial charge in [-0.05, 0) is 59.9 Å². The summed E-state index contributed by atoms with van der Waals surface area (Å²) in [5.74, 6) is 0.491. The van der Waals surface area contributed by atoms with Crippen LogP contribution in [0.3, 0.4) is 0 Å². The fourth-order valence-electron chi connectivity index (χ4n) is 6.24. The number of carbonyl (C=O) groups excluding carboxylic acids is 2. The normalized spacial score (nSPS) is 22.1. The molecule has 4 nitrogen and oxygen atoms in total. The predicted molar refractivity (Wildman–Crippen MR) is 133 cm³/mol. The Kier molecular flexibility index (Phi) is 5.44. The zero-order valence-electron chi connectivity index (χ0n) is 19.4. The Morgan fingerprint density at radius 2 is 1.47 bits per heavy atom. The van der Waals surface area contributed by atoms with Gasteiger partial charge in [0.1, 0.15) is 0 Å². The Morgan fingerprint density at radius 3 is 2.26 bits per heavy atom. The molecule has 3 aromatic rings. The highest BCUT2D eigenvalue weighted by molar-refractivity contribution is 6.01. The zero-order chi connectivity index (χ0) is 23.1. The van der Waals surface area contributed by atoms with Crippen molar-refractivity contribution >= 4 is 11.8 Å². The predicted octanol–water partition coefficient (Wildman–Crippen LogP) is 5.00. The van der Waals surface area contributed by atoms with Gasteiger partial charge in [-0.25, -0.2) is 0 Å². The van der Waals surface area contributed by atoms with Gasteiger partial charge in [0.25, 0.3) is 5.91 Å². The van der Waals surface area contributed by atoms with Crippen LogP contribution in [0.5, 0.6) is 0 Å². The highest BCUT2D eigenvalue weighted by Crippen LogP contribution is 2.46. The number of benzene rings is 3. The van der Waals surface area contributed by atoms with Crippen LogP contribution < -0.4 is 0 Å². The molecule has 0 aromatic heterocycles. The summed E-state index contributed by atoms with van der Waals surface area (Å²) in [6, 6.07) is 26.5. The van der Waals surface area contributed by atoms with Crippen molar-refractivity contribution < 1.29 is 9.59 Å². The van der Waals surface area contributed by atoms with E-state index in [0.29, 0.717) is 18.0 Å². The minimum atomic E-state index is -0.346. The van der Waals surface area contributed by atoms with E-state index < -0.39 is 0 Å². The second-order valence-corrected chi connectivity index (χ2v) is 9.92. The van der Waals surface area contributed by atoms with E-state index in [-0.39, 0.29) is 23.8 Å². The summed E-state index contributed by atoms with van der Waals surface area (Å²) in [6.45, 7) is 2.24. The maximum absolute atomic E-state index is 14.1. The van der Waals surface area contributed by atoms with Gasteiger partial charge in [0, 0.05) is 25.2 Å². The van der Waals surface area contributed by atoms with Gasteiger partial charge in [-0.2, -0.15) is 0 Å². The number of piperidine rings is 1. The third-order valence-electron chi connectivity index (χ3n) is 7.99. The number of nitrogens with zero attached hydrogens (tertiary/aromatic N) is 2. The third kappa shape index (κ3) is 3.62. The monoisotopic (exact) mass is 450 g/mol. The molecule has 0 aliphatic carbocycles. The molecule has 0 spiro atoms. The first kappa shape index (κ1) is 21.2. The Morgan fingerprint density at radius 1 is 0.794 bits per heavy atom. The molecule has 1 fully saturated rings. The van der Waals surface area contributed by atoms with Gasteiger partial charge in [-0.1, -0.05) is 72.8 Å². The molecule has 1 saturated heterocycles. The first-order valence-corrected chi connectivity index (χ1v) is 12.5. The number of amides is 2. The van der Waals surface area contributed by atoms with Gasteiger partial charge in [0.05, 0.1) is 12.0 Å². The van der Waals surface area contributed by atoms with Crippen molar-refractivity contribution in [2.45, 2.75) is 37.6 Å². The minimum absolute atomic E-state index is 0.0562. The molecule has 3 heterocycles. The van der Waals surface area contributed by atoms with E-state index in [1.807, 2.05) is 35.2 Å². The largest absolute Gasteiger partial charge is 0.342 e. The Labute approximate surface area is 201 Å². The molecule has 4 heteroatoms. The molecule has 3 aromatic carbocycles. The van der Waals surface area contributed by atoms with Crippen molar-refractivity contribution in [1.82, 2.24) is 9.80 Å². The van der Waals surface area contributed by atoms with E-state index in [2.05, 4.69) is 53.4 Å². The summed E-state index contributed by atoms with van der Waals surface area (Å²) in [5, 5.41) is 0. The summed E-state index contributed by atoms with van der Waals surface area (Å²) < 4.78 is 0. The maximum Gasteiger partial charge on any atom is 0.254 e. The van der Waals surface area contributed by atoms with Crippen LogP contribution in [0.2, 0.25) is 0 Å². The summed E-state index contributed by atoms with van der Waals surface area (Å²) in [7, 11) is 0. The first-order chi connectivity index (χ1) is 16.7. The molecule has 0 radical (unpaired) electrons. The van der Waals surface area contributed by atoms with Crippen molar-refractivity contribution in [3.8, 4) is 0 Å². The fraction of sp³-hybridized carbons (Fsp3) is 0.333. The third-order valence-corrected chi connectivity index (χ3v) is 7.99. The number of carbonyl (C=O) groups is 2. The van der Waals surface area contributed by atoms with Crippen molar-refractivity contribution in [3.63, 3.8) is 0 Å². The first-order valence-electron chi connectivity index (χ1n) is 12.5. The lowest BCUT2D eigenvalue weighted by Crippen LogP contribution is -2.51. The van der Waals surface area contributed by atoms with E-state index in [4.69, 9.17) is 0 Å². The molecule has 6 rings (SSSR count). The SMILES string of the molecule is O=C([C@@H]1c2ccccc2C(=O)N2CCc3ccccc3[C@H]12)N1CCC(Cc2ccccc2)CC1. The van der Waals surface area contributed by atoms with Crippen molar-refractivity contribution in [3.05, 3.63) is 107 Å². The highest BCUT2D eigenvalue weighted by atomic mass is 16.2. The minimum Gasteiger partial charge on any atom is -0.342 e. The second kappa shape index (κ2) is 8.75. The summed E-state index contributed by atoms with van der Waals surface area (Å²) in [4.78, 5) is 31.6. The number of likely N-dealkylation sites (tertiary alicyclic amines) is 1. The van der Waals surface area contributed by atoms with Crippen LogP contribution in [0.1, 0.15) is 57.4 Å². The van der Waals surface area contributed by atoms with Crippen LogP contribution >= 0.6 is 0 Å². The van der Waals surface area contributed by atoms with Crippen LogP contribution in [0.4, 0.5) is 0 Å².